The number of benzene rings is 1. The van der Waals surface area contributed by atoms with Crippen LogP contribution in [0.4, 0.5) is 0 Å². The molecule has 1 amide bonds. The highest BCUT2D eigenvalue weighted by atomic mass is 16.6. The maximum atomic E-state index is 11.2. The predicted molar refractivity (Wildman–Crippen MR) is 63.0 cm³/mol. The molecule has 2 rings (SSSR count). The van der Waals surface area contributed by atoms with Crippen LogP contribution in [0.1, 0.15) is 5.56 Å². The number of β-amino-alcohol motifs (C(OH)–C–C–N with tert-alkyl or cyclic N) is 1. The summed E-state index contributed by atoms with van der Waals surface area (Å²) in [5.41, 5.74) is 0.995. The van der Waals surface area contributed by atoms with Crippen molar-refractivity contribution in [2.24, 2.45) is 0 Å². The van der Waals surface area contributed by atoms with Crippen molar-refractivity contribution in [1.82, 2.24) is 4.90 Å². The number of hydrogen-bond acceptors (Lipinski definition) is 3. The molecule has 0 atom stereocenters. The lowest BCUT2D eigenvalue weighted by Gasteiger charge is -2.45. The van der Waals surface area contributed by atoms with E-state index in [1.54, 1.807) is 0 Å². The summed E-state index contributed by atoms with van der Waals surface area (Å²) in [4.78, 5) is 12.7. The molecule has 0 unspecified atom stereocenters. The number of amides is 1. The van der Waals surface area contributed by atoms with E-state index in [2.05, 4.69) is 6.58 Å². The average Bonchev–Trinajstić information content (AvgIpc) is 2.33. The molecule has 1 aromatic rings. The van der Waals surface area contributed by atoms with Crippen LogP contribution in [0.5, 0.6) is 0 Å². The summed E-state index contributed by atoms with van der Waals surface area (Å²) >= 11 is 0. The van der Waals surface area contributed by atoms with Crippen molar-refractivity contribution in [3.63, 3.8) is 0 Å². The first kappa shape index (κ1) is 11.8. The van der Waals surface area contributed by atoms with E-state index in [4.69, 9.17) is 4.74 Å². The Bertz CT molecular complexity index is 410. The molecule has 1 aromatic carbocycles. The molecular formula is C13H15NO3. The van der Waals surface area contributed by atoms with Crippen molar-refractivity contribution in [2.45, 2.75) is 12.4 Å². The summed E-state index contributed by atoms with van der Waals surface area (Å²) in [6.45, 7) is 4.13. The molecule has 0 aromatic heterocycles. The van der Waals surface area contributed by atoms with E-state index < -0.39 is 5.79 Å². The van der Waals surface area contributed by atoms with Gasteiger partial charge >= 0.3 is 0 Å². The quantitative estimate of drug-likeness (QED) is 0.621. The standard InChI is InChI=1S/C13H15NO3/c1-2-12(15)14-9-13(16,10-14)17-8-11-6-4-3-5-7-11/h2-7,16H,1,8-10H2. The van der Waals surface area contributed by atoms with Crippen LogP contribution in [-0.4, -0.2) is 34.8 Å². The third-order valence-corrected chi connectivity index (χ3v) is 2.71. The zero-order chi connectivity index (χ0) is 12.3. The van der Waals surface area contributed by atoms with E-state index in [0.29, 0.717) is 6.61 Å². The Morgan fingerprint density at radius 2 is 2.12 bits per heavy atom. The zero-order valence-electron chi connectivity index (χ0n) is 9.50. The predicted octanol–water partition coefficient (Wildman–Crippen LogP) is 0.920. The Morgan fingerprint density at radius 3 is 2.71 bits per heavy atom. The highest BCUT2D eigenvalue weighted by molar-refractivity contribution is 5.87. The minimum atomic E-state index is -1.21. The molecule has 0 spiro atoms. The van der Waals surface area contributed by atoms with Gasteiger partial charge in [0.2, 0.25) is 11.7 Å². The summed E-state index contributed by atoms with van der Waals surface area (Å²) in [5, 5.41) is 9.94. The molecule has 90 valence electrons. The van der Waals surface area contributed by atoms with Gasteiger partial charge in [0, 0.05) is 0 Å². The molecule has 4 heteroatoms. The Hall–Kier alpha value is -1.65. The van der Waals surface area contributed by atoms with Crippen molar-refractivity contribution in [1.29, 1.82) is 0 Å². The van der Waals surface area contributed by atoms with Crippen molar-refractivity contribution in [3.05, 3.63) is 48.6 Å². The zero-order valence-corrected chi connectivity index (χ0v) is 9.50. The fraction of sp³-hybridized carbons (Fsp3) is 0.308. The van der Waals surface area contributed by atoms with Gasteiger partial charge in [-0.25, -0.2) is 0 Å². The lowest BCUT2D eigenvalue weighted by atomic mass is 10.1. The fourth-order valence-corrected chi connectivity index (χ4v) is 1.72. The summed E-state index contributed by atoms with van der Waals surface area (Å²) in [7, 11) is 0. The minimum absolute atomic E-state index is 0.182. The molecule has 0 aliphatic carbocycles. The lowest BCUT2D eigenvalue weighted by molar-refractivity contribution is -0.273. The maximum absolute atomic E-state index is 11.2. The van der Waals surface area contributed by atoms with Crippen LogP contribution in [0, 0.1) is 0 Å². The molecule has 0 saturated carbocycles. The van der Waals surface area contributed by atoms with Crippen LogP contribution in [0.3, 0.4) is 0 Å². The monoisotopic (exact) mass is 233 g/mol. The van der Waals surface area contributed by atoms with E-state index >= 15 is 0 Å². The number of hydrogen-bond donors (Lipinski definition) is 1. The van der Waals surface area contributed by atoms with Gasteiger partial charge in [-0.05, 0) is 11.6 Å². The van der Waals surface area contributed by atoms with Crippen LogP contribution >= 0.6 is 0 Å². The number of carbonyl (C=O) groups is 1. The smallest absolute Gasteiger partial charge is 0.246 e. The van der Waals surface area contributed by atoms with Crippen molar-refractivity contribution < 1.29 is 14.6 Å². The van der Waals surface area contributed by atoms with Gasteiger partial charge in [0.05, 0.1) is 19.7 Å². The van der Waals surface area contributed by atoms with E-state index in [-0.39, 0.29) is 19.0 Å². The van der Waals surface area contributed by atoms with Crippen LogP contribution in [0.2, 0.25) is 0 Å². The summed E-state index contributed by atoms with van der Waals surface area (Å²) < 4.78 is 5.40. The van der Waals surface area contributed by atoms with Crippen LogP contribution in [0.15, 0.2) is 43.0 Å². The minimum Gasteiger partial charge on any atom is -0.363 e. The third kappa shape index (κ3) is 2.72. The van der Waals surface area contributed by atoms with Crippen molar-refractivity contribution in [2.75, 3.05) is 13.1 Å². The molecule has 1 aliphatic heterocycles. The number of likely N-dealkylation sites (tertiary alicyclic amines) is 1. The van der Waals surface area contributed by atoms with Gasteiger partial charge in [-0.15, -0.1) is 0 Å². The molecule has 1 N–H and O–H groups in total. The highest BCUT2D eigenvalue weighted by Gasteiger charge is 2.44. The number of aliphatic hydroxyl groups is 1. The first-order valence-electron chi connectivity index (χ1n) is 5.44. The van der Waals surface area contributed by atoms with Gasteiger partial charge in [0.15, 0.2) is 0 Å². The van der Waals surface area contributed by atoms with Crippen molar-refractivity contribution in [3.8, 4) is 0 Å². The second-order valence-electron chi connectivity index (χ2n) is 4.12. The van der Waals surface area contributed by atoms with E-state index in [0.717, 1.165) is 5.56 Å². The van der Waals surface area contributed by atoms with Crippen LogP contribution in [0.25, 0.3) is 0 Å². The summed E-state index contributed by atoms with van der Waals surface area (Å²) in [6, 6.07) is 9.60. The Morgan fingerprint density at radius 1 is 1.47 bits per heavy atom. The molecule has 1 saturated heterocycles. The van der Waals surface area contributed by atoms with Gasteiger partial charge in [-0.3, -0.25) is 4.79 Å². The maximum Gasteiger partial charge on any atom is 0.246 e. The van der Waals surface area contributed by atoms with E-state index in [1.807, 2.05) is 30.3 Å². The molecule has 17 heavy (non-hydrogen) atoms. The largest absolute Gasteiger partial charge is 0.363 e. The van der Waals surface area contributed by atoms with Gasteiger partial charge < -0.3 is 14.7 Å². The van der Waals surface area contributed by atoms with Gasteiger partial charge in [-0.2, -0.15) is 0 Å². The molecular weight excluding hydrogens is 218 g/mol. The number of carbonyl (C=O) groups excluding carboxylic acids is 1. The van der Waals surface area contributed by atoms with Crippen LogP contribution < -0.4 is 0 Å². The molecule has 1 aliphatic rings. The molecule has 4 nitrogen and oxygen atoms in total. The average molecular weight is 233 g/mol. The summed E-state index contributed by atoms with van der Waals surface area (Å²) in [5.74, 6) is -1.40. The number of ether oxygens (including phenoxy) is 1. The molecule has 1 fully saturated rings. The first-order chi connectivity index (χ1) is 8.13. The Kier molecular flexibility index (Phi) is 3.26. The fourth-order valence-electron chi connectivity index (χ4n) is 1.72. The normalized spacial score (nSPS) is 17.4. The third-order valence-electron chi connectivity index (χ3n) is 2.71. The Labute approximate surface area is 100 Å². The Balaban J connectivity index is 1.82. The second-order valence-corrected chi connectivity index (χ2v) is 4.12. The SMILES string of the molecule is C=CC(=O)N1CC(O)(OCc2ccccc2)C1. The number of rotatable bonds is 4. The van der Waals surface area contributed by atoms with E-state index in [1.165, 1.54) is 11.0 Å². The number of nitrogens with zero attached hydrogens (tertiary/aromatic N) is 1. The lowest BCUT2D eigenvalue weighted by Crippen LogP contribution is -2.64. The highest BCUT2D eigenvalue weighted by Crippen LogP contribution is 2.23. The van der Waals surface area contributed by atoms with Crippen molar-refractivity contribution >= 4 is 5.91 Å². The topological polar surface area (TPSA) is 49.8 Å². The van der Waals surface area contributed by atoms with Gasteiger partial charge in [-0.1, -0.05) is 36.9 Å². The van der Waals surface area contributed by atoms with Gasteiger partial charge in [0.25, 0.3) is 0 Å². The molecule has 0 bridgehead atoms. The molecule has 1 heterocycles. The second kappa shape index (κ2) is 4.69. The first-order valence-corrected chi connectivity index (χ1v) is 5.44. The molecule has 0 radical (unpaired) electrons. The van der Waals surface area contributed by atoms with Gasteiger partial charge in [0.1, 0.15) is 0 Å². The summed E-state index contributed by atoms with van der Waals surface area (Å²) in [6.07, 6.45) is 1.23. The van der Waals surface area contributed by atoms with Crippen LogP contribution in [-0.2, 0) is 16.1 Å². The van der Waals surface area contributed by atoms with E-state index in [9.17, 15) is 9.90 Å².